The summed E-state index contributed by atoms with van der Waals surface area (Å²) in [7, 11) is 0. The van der Waals surface area contributed by atoms with Crippen molar-refractivity contribution in [1.82, 2.24) is 20.2 Å². The van der Waals surface area contributed by atoms with Gasteiger partial charge in [-0.2, -0.15) is 0 Å². The van der Waals surface area contributed by atoms with E-state index < -0.39 is 0 Å². The zero-order valence-electron chi connectivity index (χ0n) is 18.4. The van der Waals surface area contributed by atoms with Crippen LogP contribution in [0.4, 0.5) is 4.39 Å². The first-order valence-corrected chi connectivity index (χ1v) is 11.3. The third kappa shape index (κ3) is 5.15. The second kappa shape index (κ2) is 9.94. The number of carbonyl (C=O) groups excluding carboxylic acids is 2. The Balaban J connectivity index is 1.14. The molecule has 0 saturated carbocycles. The van der Waals surface area contributed by atoms with Crippen LogP contribution in [0.1, 0.15) is 58.5 Å². The second-order valence-electron chi connectivity index (χ2n) is 8.60. The van der Waals surface area contributed by atoms with E-state index >= 15 is 0 Å². The molecule has 1 saturated heterocycles. The van der Waals surface area contributed by atoms with E-state index in [4.69, 9.17) is 0 Å². The van der Waals surface area contributed by atoms with Crippen LogP contribution in [0.3, 0.4) is 0 Å². The number of piperidine rings is 1. The number of carbonyl (C=O) groups is 2. The number of pyridine rings is 1. The number of benzene rings is 1. The maximum atomic E-state index is 13.8. The van der Waals surface area contributed by atoms with E-state index in [2.05, 4.69) is 15.3 Å². The summed E-state index contributed by atoms with van der Waals surface area (Å²) >= 11 is 0. The van der Waals surface area contributed by atoms with Gasteiger partial charge in [0, 0.05) is 48.5 Å². The summed E-state index contributed by atoms with van der Waals surface area (Å²) < 4.78 is 13.8. The number of nitrogens with zero attached hydrogens (tertiary/aromatic N) is 2. The molecule has 6 nitrogen and oxygen atoms in total. The molecule has 168 valence electrons. The lowest BCUT2D eigenvalue weighted by molar-refractivity contribution is 0.0685. The molecule has 4 rings (SSSR count). The highest BCUT2D eigenvalue weighted by atomic mass is 19.1. The predicted molar refractivity (Wildman–Crippen MR) is 122 cm³/mol. The van der Waals surface area contributed by atoms with Gasteiger partial charge in [0.15, 0.2) is 0 Å². The van der Waals surface area contributed by atoms with E-state index in [1.165, 1.54) is 6.07 Å². The Morgan fingerprint density at radius 1 is 1.19 bits per heavy atom. The molecule has 0 radical (unpaired) electrons. The van der Waals surface area contributed by atoms with Gasteiger partial charge >= 0.3 is 0 Å². The van der Waals surface area contributed by atoms with Crippen LogP contribution in [0.5, 0.6) is 0 Å². The van der Waals surface area contributed by atoms with Gasteiger partial charge in [-0.15, -0.1) is 0 Å². The number of likely N-dealkylation sites (tertiary alicyclic amines) is 1. The maximum Gasteiger partial charge on any atom is 0.267 e. The third-order valence-corrected chi connectivity index (χ3v) is 6.31. The lowest BCUT2D eigenvalue weighted by atomic mass is 9.91. The molecule has 1 aromatic carbocycles. The van der Waals surface area contributed by atoms with Crippen LogP contribution in [0, 0.1) is 18.7 Å². The molecule has 32 heavy (non-hydrogen) atoms. The maximum absolute atomic E-state index is 13.8. The standard InChI is InChI=1S/C25H29FN4O2/c1-17-5-6-19(14-21(17)26)25(32)30-12-8-18(9-13-30)4-2-3-10-28-24(31)23-15-20-16-27-11-7-22(20)29-23/h5-7,11,14-16,18,29H,2-4,8-10,12-13H2,1H3,(H,28,31). The van der Waals surface area contributed by atoms with Crippen molar-refractivity contribution in [2.75, 3.05) is 19.6 Å². The first-order valence-electron chi connectivity index (χ1n) is 11.3. The lowest BCUT2D eigenvalue weighted by Crippen LogP contribution is -2.38. The SMILES string of the molecule is Cc1ccc(C(=O)N2CCC(CCCCNC(=O)c3cc4cnccc4[nH]3)CC2)cc1F. The van der Waals surface area contributed by atoms with Crippen molar-refractivity contribution in [2.24, 2.45) is 5.92 Å². The van der Waals surface area contributed by atoms with Gasteiger partial charge in [-0.25, -0.2) is 4.39 Å². The smallest absolute Gasteiger partial charge is 0.267 e. The highest BCUT2D eigenvalue weighted by molar-refractivity contribution is 5.97. The highest BCUT2D eigenvalue weighted by Crippen LogP contribution is 2.24. The largest absolute Gasteiger partial charge is 0.351 e. The average molecular weight is 437 g/mol. The number of hydrogen-bond donors (Lipinski definition) is 2. The van der Waals surface area contributed by atoms with E-state index in [9.17, 15) is 14.0 Å². The normalized spacial score (nSPS) is 14.6. The van der Waals surface area contributed by atoms with Crippen LogP contribution in [0.25, 0.3) is 10.9 Å². The van der Waals surface area contributed by atoms with Gasteiger partial charge < -0.3 is 15.2 Å². The fourth-order valence-electron chi connectivity index (χ4n) is 4.28. The molecule has 1 aliphatic heterocycles. The molecule has 0 unspecified atom stereocenters. The fourth-order valence-corrected chi connectivity index (χ4v) is 4.28. The minimum absolute atomic E-state index is 0.0854. The molecule has 2 amide bonds. The number of aryl methyl sites for hydroxylation is 1. The van der Waals surface area contributed by atoms with E-state index in [0.29, 0.717) is 42.4 Å². The topological polar surface area (TPSA) is 78.1 Å². The summed E-state index contributed by atoms with van der Waals surface area (Å²) in [5, 5.41) is 3.90. The number of unbranched alkanes of at least 4 members (excludes halogenated alkanes) is 1. The van der Waals surface area contributed by atoms with Crippen molar-refractivity contribution in [2.45, 2.75) is 39.0 Å². The molecular weight excluding hydrogens is 407 g/mol. The molecule has 1 fully saturated rings. The molecule has 3 heterocycles. The van der Waals surface area contributed by atoms with Crippen LogP contribution in [0.15, 0.2) is 42.7 Å². The molecule has 0 spiro atoms. The molecule has 0 bridgehead atoms. The summed E-state index contributed by atoms with van der Waals surface area (Å²) in [6.07, 6.45) is 8.43. The molecule has 3 aromatic rings. The third-order valence-electron chi connectivity index (χ3n) is 6.31. The molecule has 0 aliphatic carbocycles. The Kier molecular flexibility index (Phi) is 6.83. The number of fused-ring (bicyclic) bond motifs is 1. The first kappa shape index (κ1) is 22.0. The number of rotatable bonds is 7. The molecular formula is C25H29FN4O2. The van der Waals surface area contributed by atoms with E-state index in [1.54, 1.807) is 31.5 Å². The van der Waals surface area contributed by atoms with Crippen molar-refractivity contribution >= 4 is 22.7 Å². The Hall–Kier alpha value is -3.22. The van der Waals surface area contributed by atoms with E-state index in [-0.39, 0.29) is 17.6 Å². The molecule has 2 aromatic heterocycles. The van der Waals surface area contributed by atoms with Crippen molar-refractivity contribution in [1.29, 1.82) is 0 Å². The van der Waals surface area contributed by atoms with Gasteiger partial charge in [0.1, 0.15) is 11.5 Å². The Labute approximate surface area is 187 Å². The predicted octanol–water partition coefficient (Wildman–Crippen LogP) is 4.46. The summed E-state index contributed by atoms with van der Waals surface area (Å²) in [5.74, 6) is 0.0727. The van der Waals surface area contributed by atoms with Crippen molar-refractivity contribution in [3.8, 4) is 0 Å². The number of nitrogens with one attached hydrogen (secondary N) is 2. The summed E-state index contributed by atoms with van der Waals surface area (Å²) in [6, 6.07) is 8.36. The number of amides is 2. The minimum atomic E-state index is -0.334. The van der Waals surface area contributed by atoms with Gasteiger partial charge in [-0.3, -0.25) is 14.6 Å². The van der Waals surface area contributed by atoms with E-state index in [1.807, 2.05) is 17.0 Å². The summed E-state index contributed by atoms with van der Waals surface area (Å²) in [4.78, 5) is 33.9. The number of aromatic nitrogens is 2. The highest BCUT2D eigenvalue weighted by Gasteiger charge is 2.23. The summed E-state index contributed by atoms with van der Waals surface area (Å²) in [6.45, 7) is 3.76. The van der Waals surface area contributed by atoms with Gasteiger partial charge in [0.05, 0.1) is 0 Å². The van der Waals surface area contributed by atoms with Crippen LogP contribution in [0.2, 0.25) is 0 Å². The number of halogens is 1. The van der Waals surface area contributed by atoms with Crippen LogP contribution in [-0.4, -0.2) is 46.3 Å². The lowest BCUT2D eigenvalue weighted by Gasteiger charge is -2.32. The fraction of sp³-hybridized carbons (Fsp3) is 0.400. The first-order chi connectivity index (χ1) is 15.5. The quantitative estimate of drug-likeness (QED) is 0.537. The number of H-pyrrole nitrogens is 1. The molecule has 2 N–H and O–H groups in total. The van der Waals surface area contributed by atoms with Gasteiger partial charge in [0.2, 0.25) is 0 Å². The number of aromatic amines is 1. The Bertz CT molecular complexity index is 1070. The zero-order chi connectivity index (χ0) is 22.5. The molecule has 1 aliphatic rings. The minimum Gasteiger partial charge on any atom is -0.351 e. The van der Waals surface area contributed by atoms with Gasteiger partial charge in [-0.05, 0) is 61.9 Å². The van der Waals surface area contributed by atoms with Crippen LogP contribution in [-0.2, 0) is 0 Å². The Morgan fingerprint density at radius 2 is 2.00 bits per heavy atom. The number of hydrogen-bond acceptors (Lipinski definition) is 3. The van der Waals surface area contributed by atoms with E-state index in [0.717, 1.165) is 43.0 Å². The molecule has 7 heteroatoms. The Morgan fingerprint density at radius 3 is 2.75 bits per heavy atom. The van der Waals surface area contributed by atoms with Crippen molar-refractivity contribution < 1.29 is 14.0 Å². The van der Waals surface area contributed by atoms with Crippen molar-refractivity contribution in [3.05, 3.63) is 65.4 Å². The van der Waals surface area contributed by atoms with Gasteiger partial charge in [-0.1, -0.05) is 18.9 Å². The van der Waals surface area contributed by atoms with Crippen LogP contribution < -0.4 is 5.32 Å². The summed E-state index contributed by atoms with van der Waals surface area (Å²) in [5.41, 5.74) is 2.43. The van der Waals surface area contributed by atoms with Crippen LogP contribution >= 0.6 is 0 Å². The average Bonchev–Trinajstić information content (AvgIpc) is 3.25. The molecule has 0 atom stereocenters. The van der Waals surface area contributed by atoms with Gasteiger partial charge in [0.25, 0.3) is 11.8 Å². The zero-order valence-corrected chi connectivity index (χ0v) is 18.4. The second-order valence-corrected chi connectivity index (χ2v) is 8.60. The monoisotopic (exact) mass is 436 g/mol. The van der Waals surface area contributed by atoms with Crippen molar-refractivity contribution in [3.63, 3.8) is 0 Å².